The first kappa shape index (κ1) is 23.7. The molecule has 4 aromatic rings. The zero-order valence-electron chi connectivity index (χ0n) is 20.4. The second-order valence-electron chi connectivity index (χ2n) is 9.73. The number of benzene rings is 1. The van der Waals surface area contributed by atoms with Gasteiger partial charge in [-0.1, -0.05) is 0 Å². The van der Waals surface area contributed by atoms with Crippen LogP contribution in [0.15, 0.2) is 41.6 Å². The van der Waals surface area contributed by atoms with Crippen LogP contribution in [0.25, 0.3) is 11.3 Å². The van der Waals surface area contributed by atoms with Crippen LogP contribution in [0.2, 0.25) is 0 Å². The largest absolute Gasteiger partial charge is 0.333 e. The number of aryl methyl sites for hydroxylation is 2. The Morgan fingerprint density at radius 1 is 1.22 bits per heavy atom. The highest BCUT2D eigenvalue weighted by Gasteiger charge is 2.39. The van der Waals surface area contributed by atoms with Gasteiger partial charge in [0, 0.05) is 48.4 Å². The van der Waals surface area contributed by atoms with Crippen molar-refractivity contribution in [1.82, 2.24) is 19.3 Å². The Kier molecular flexibility index (Phi) is 5.78. The highest BCUT2D eigenvalue weighted by Crippen LogP contribution is 2.56. The molecular formula is C27H25F2N5O2S. The van der Waals surface area contributed by atoms with Crippen LogP contribution < -0.4 is 10.9 Å². The summed E-state index contributed by atoms with van der Waals surface area (Å²) in [6.45, 7) is 2.59. The topological polar surface area (TPSA) is 81.8 Å². The number of thiophene rings is 1. The van der Waals surface area contributed by atoms with E-state index in [1.54, 1.807) is 17.1 Å². The molecule has 37 heavy (non-hydrogen) atoms. The third-order valence-corrected chi connectivity index (χ3v) is 8.75. The summed E-state index contributed by atoms with van der Waals surface area (Å²) in [6, 6.07) is 4.35. The van der Waals surface area contributed by atoms with Crippen LogP contribution in [-0.2, 0) is 20.0 Å². The molecule has 1 fully saturated rings. The molecule has 2 unspecified atom stereocenters. The van der Waals surface area contributed by atoms with E-state index in [0.717, 1.165) is 25.3 Å². The number of ketones is 1. The number of nitrogens with one attached hydrogen (secondary N) is 1. The Morgan fingerprint density at radius 2 is 2.03 bits per heavy atom. The summed E-state index contributed by atoms with van der Waals surface area (Å²) in [5.74, 6) is -0.901. The number of anilines is 2. The van der Waals surface area contributed by atoms with Gasteiger partial charge in [0.05, 0.1) is 22.5 Å². The molecule has 190 valence electrons. The first-order valence-electron chi connectivity index (χ1n) is 12.3. The van der Waals surface area contributed by atoms with Crippen molar-refractivity contribution in [3.05, 3.63) is 79.7 Å². The molecule has 1 N–H and O–H groups in total. The number of halogens is 2. The molecule has 2 atom stereocenters. The SMILES string of the molecule is CCn1cc(Nc2nc(-c3ccc(F)c(CC(=O)c4cc5c(s4)C4CCC5C4)c3F)cn(C)c2=O)cn1. The number of carbonyl (C=O) groups is 1. The first-order valence-corrected chi connectivity index (χ1v) is 13.1. The van der Waals surface area contributed by atoms with Crippen molar-refractivity contribution in [2.24, 2.45) is 7.05 Å². The summed E-state index contributed by atoms with van der Waals surface area (Å²) >= 11 is 1.47. The van der Waals surface area contributed by atoms with Gasteiger partial charge < -0.3 is 9.88 Å². The maximum absolute atomic E-state index is 15.7. The molecule has 6 rings (SSSR count). The normalized spacial score (nSPS) is 17.8. The van der Waals surface area contributed by atoms with Crippen LogP contribution in [0.3, 0.4) is 0 Å². The standard InChI is InChI=1S/C27H25F2N5O2S/c1-3-34-12-16(11-30-34)31-26-27(36)33(2)13-21(32-26)17-6-7-20(28)19(24(17)29)9-22(35)23-10-18-14-4-5-15(8-14)25(18)37-23/h6-7,10-15H,3-5,8-9H2,1-2H3,(H,31,32). The summed E-state index contributed by atoms with van der Waals surface area (Å²) in [6.07, 6.45) is 7.76. The van der Waals surface area contributed by atoms with Crippen molar-refractivity contribution in [3.63, 3.8) is 0 Å². The smallest absolute Gasteiger partial charge is 0.293 e. The second-order valence-corrected chi connectivity index (χ2v) is 10.8. The average molecular weight is 522 g/mol. The van der Waals surface area contributed by atoms with E-state index in [1.807, 2.05) is 13.0 Å². The van der Waals surface area contributed by atoms with Gasteiger partial charge in [-0.05, 0) is 61.8 Å². The lowest BCUT2D eigenvalue weighted by molar-refractivity contribution is 0.0994. The van der Waals surface area contributed by atoms with Crippen LogP contribution in [0.1, 0.15) is 63.7 Å². The fourth-order valence-corrected chi connectivity index (χ4v) is 6.79. The highest BCUT2D eigenvalue weighted by atomic mass is 32.1. The number of hydrogen-bond acceptors (Lipinski definition) is 6. The van der Waals surface area contributed by atoms with Gasteiger partial charge in [0.15, 0.2) is 11.6 Å². The van der Waals surface area contributed by atoms with Gasteiger partial charge >= 0.3 is 0 Å². The van der Waals surface area contributed by atoms with Crippen molar-refractivity contribution in [1.29, 1.82) is 0 Å². The molecule has 0 saturated heterocycles. The average Bonchev–Trinajstić information content (AvgIpc) is 3.66. The predicted octanol–water partition coefficient (Wildman–Crippen LogP) is 5.54. The maximum Gasteiger partial charge on any atom is 0.293 e. The summed E-state index contributed by atoms with van der Waals surface area (Å²) < 4.78 is 33.4. The molecule has 1 saturated carbocycles. The van der Waals surface area contributed by atoms with Gasteiger partial charge in [-0.2, -0.15) is 5.10 Å². The third-order valence-electron chi connectivity index (χ3n) is 7.40. The van der Waals surface area contributed by atoms with Crippen LogP contribution in [0.5, 0.6) is 0 Å². The summed E-state index contributed by atoms with van der Waals surface area (Å²) in [5, 5.41) is 7.09. The number of fused-ring (bicyclic) bond motifs is 5. The lowest BCUT2D eigenvalue weighted by atomic mass is 9.97. The molecule has 2 aliphatic carbocycles. The molecule has 2 aliphatic rings. The fraction of sp³-hybridized carbons (Fsp3) is 0.333. The van der Waals surface area contributed by atoms with E-state index in [-0.39, 0.29) is 34.8 Å². The number of rotatable bonds is 7. The van der Waals surface area contributed by atoms with E-state index in [2.05, 4.69) is 15.4 Å². The van der Waals surface area contributed by atoms with Gasteiger partial charge in [-0.3, -0.25) is 14.3 Å². The van der Waals surface area contributed by atoms with E-state index in [9.17, 15) is 14.0 Å². The fourth-order valence-electron chi connectivity index (χ4n) is 5.46. The van der Waals surface area contributed by atoms with Crippen molar-refractivity contribution >= 4 is 28.6 Å². The minimum atomic E-state index is -0.853. The minimum absolute atomic E-state index is 0.0128. The number of carbonyl (C=O) groups excluding carboxylic acids is 1. The van der Waals surface area contributed by atoms with Gasteiger partial charge in [0.1, 0.15) is 11.6 Å². The zero-order valence-corrected chi connectivity index (χ0v) is 21.2. The molecule has 1 aromatic carbocycles. The zero-order chi connectivity index (χ0) is 25.8. The van der Waals surface area contributed by atoms with Gasteiger partial charge in [0.25, 0.3) is 5.56 Å². The van der Waals surface area contributed by atoms with Gasteiger partial charge in [0.2, 0.25) is 0 Å². The van der Waals surface area contributed by atoms with Crippen molar-refractivity contribution in [2.45, 2.75) is 51.0 Å². The van der Waals surface area contributed by atoms with Crippen LogP contribution in [-0.4, -0.2) is 25.1 Å². The Bertz CT molecular complexity index is 1580. The van der Waals surface area contributed by atoms with Crippen molar-refractivity contribution in [2.75, 3.05) is 5.32 Å². The molecule has 0 radical (unpaired) electrons. The first-order chi connectivity index (χ1) is 17.8. The Hall–Kier alpha value is -3.66. The van der Waals surface area contributed by atoms with E-state index in [4.69, 9.17) is 0 Å². The highest BCUT2D eigenvalue weighted by molar-refractivity contribution is 7.14. The van der Waals surface area contributed by atoms with Gasteiger partial charge in [-0.15, -0.1) is 11.3 Å². The minimum Gasteiger partial charge on any atom is -0.333 e. The summed E-state index contributed by atoms with van der Waals surface area (Å²) in [5.41, 5.74) is 1.26. The molecule has 10 heteroatoms. The van der Waals surface area contributed by atoms with Crippen molar-refractivity contribution < 1.29 is 13.6 Å². The lowest BCUT2D eigenvalue weighted by Gasteiger charge is -2.12. The van der Waals surface area contributed by atoms with Crippen molar-refractivity contribution in [3.8, 4) is 11.3 Å². The molecule has 3 heterocycles. The summed E-state index contributed by atoms with van der Waals surface area (Å²) in [7, 11) is 1.53. The Labute approximate surface area is 215 Å². The predicted molar refractivity (Wildman–Crippen MR) is 138 cm³/mol. The van der Waals surface area contributed by atoms with E-state index in [1.165, 1.54) is 45.7 Å². The molecular weight excluding hydrogens is 496 g/mol. The van der Waals surface area contributed by atoms with Gasteiger partial charge in [-0.25, -0.2) is 13.8 Å². The molecule has 2 bridgehead atoms. The molecule has 0 spiro atoms. The molecule has 0 amide bonds. The monoisotopic (exact) mass is 521 g/mol. The second kappa shape index (κ2) is 9.02. The Morgan fingerprint density at radius 3 is 2.78 bits per heavy atom. The number of Topliss-reactive ketones (excluding diaryl/α,β-unsaturated/α-hetero) is 1. The summed E-state index contributed by atoms with van der Waals surface area (Å²) in [4.78, 5) is 31.9. The van der Waals surface area contributed by atoms with E-state index >= 15 is 4.39 Å². The third kappa shape index (κ3) is 4.09. The quantitative estimate of drug-likeness (QED) is 0.323. The maximum atomic E-state index is 15.7. The molecule has 7 nitrogen and oxygen atoms in total. The lowest BCUT2D eigenvalue weighted by Crippen LogP contribution is -2.21. The van der Waals surface area contributed by atoms with E-state index in [0.29, 0.717) is 28.9 Å². The Balaban J connectivity index is 1.31. The van der Waals surface area contributed by atoms with Crippen LogP contribution in [0, 0.1) is 11.6 Å². The number of aromatic nitrogens is 4. The molecule has 3 aromatic heterocycles. The number of nitrogens with zero attached hydrogens (tertiary/aromatic N) is 4. The van der Waals surface area contributed by atoms with Crippen LogP contribution in [0.4, 0.5) is 20.3 Å². The number of hydrogen-bond donors (Lipinski definition) is 1. The molecule has 0 aliphatic heterocycles. The van der Waals surface area contributed by atoms with E-state index < -0.39 is 17.2 Å². The van der Waals surface area contributed by atoms with Crippen LogP contribution >= 0.6 is 11.3 Å².